The van der Waals surface area contributed by atoms with Crippen molar-refractivity contribution < 1.29 is 8.96 Å². The smallest absolute Gasteiger partial charge is 0.296 e. The second-order valence-electron chi connectivity index (χ2n) is 4.97. The highest BCUT2D eigenvalue weighted by Gasteiger charge is 2.07. The molecule has 0 fully saturated rings. The van der Waals surface area contributed by atoms with Gasteiger partial charge in [0.25, 0.3) is 6.30 Å². The van der Waals surface area contributed by atoms with Crippen molar-refractivity contribution in [3.63, 3.8) is 0 Å². The highest BCUT2D eigenvalue weighted by atomic mass is 19.1. The first-order chi connectivity index (χ1) is 9.56. The van der Waals surface area contributed by atoms with Crippen LogP contribution in [-0.2, 0) is 0 Å². The molecule has 0 spiro atoms. The number of aromatic nitrogens is 1. The lowest BCUT2D eigenvalue weighted by molar-refractivity contribution is -0.743. The number of anilines is 1. The zero-order chi connectivity index (χ0) is 14.5. The van der Waals surface area contributed by atoms with Gasteiger partial charge in [0.05, 0.1) is 0 Å². The van der Waals surface area contributed by atoms with Crippen molar-refractivity contribution >= 4 is 17.8 Å². The highest BCUT2D eigenvalue weighted by Crippen LogP contribution is 2.14. The van der Waals surface area contributed by atoms with Crippen molar-refractivity contribution in [3.05, 3.63) is 59.9 Å². The third-order valence-corrected chi connectivity index (χ3v) is 3.17. The van der Waals surface area contributed by atoms with Crippen molar-refractivity contribution in [3.8, 4) is 0 Å². The van der Waals surface area contributed by atoms with Crippen LogP contribution in [0.1, 0.15) is 24.3 Å². The maximum atomic E-state index is 13.1. The third kappa shape index (κ3) is 3.67. The minimum Gasteiger partial charge on any atom is -0.378 e. The molecule has 3 heteroatoms. The van der Waals surface area contributed by atoms with E-state index in [9.17, 15) is 4.39 Å². The Morgan fingerprint density at radius 2 is 1.45 bits per heavy atom. The first-order valence-corrected chi connectivity index (χ1v) is 6.66. The molecule has 0 amide bonds. The average molecular weight is 271 g/mol. The molecule has 0 saturated heterocycles. The van der Waals surface area contributed by atoms with Gasteiger partial charge in [-0.05, 0) is 23.3 Å². The maximum Gasteiger partial charge on any atom is 0.296 e. The summed E-state index contributed by atoms with van der Waals surface area (Å²) in [5.74, 6) is 0. The second-order valence-corrected chi connectivity index (χ2v) is 4.97. The second kappa shape index (κ2) is 6.33. The van der Waals surface area contributed by atoms with Crippen molar-refractivity contribution in [2.75, 3.05) is 19.0 Å². The van der Waals surface area contributed by atoms with Crippen molar-refractivity contribution in [2.24, 2.45) is 0 Å². The van der Waals surface area contributed by atoms with Gasteiger partial charge >= 0.3 is 0 Å². The van der Waals surface area contributed by atoms with Crippen LogP contribution >= 0.6 is 0 Å². The third-order valence-electron chi connectivity index (χ3n) is 3.17. The summed E-state index contributed by atoms with van der Waals surface area (Å²) >= 11 is 0. The predicted molar refractivity (Wildman–Crippen MR) is 82.2 cm³/mol. The van der Waals surface area contributed by atoms with Gasteiger partial charge in [-0.2, -0.15) is 8.96 Å². The number of rotatable bonds is 4. The highest BCUT2D eigenvalue weighted by molar-refractivity contribution is 5.70. The van der Waals surface area contributed by atoms with Gasteiger partial charge in [0, 0.05) is 38.8 Å². The first kappa shape index (κ1) is 14.3. The van der Waals surface area contributed by atoms with E-state index in [1.165, 1.54) is 17.2 Å². The van der Waals surface area contributed by atoms with Gasteiger partial charge in [0.15, 0.2) is 12.4 Å². The van der Waals surface area contributed by atoms with Gasteiger partial charge in [-0.1, -0.05) is 24.3 Å². The lowest BCUT2D eigenvalue weighted by atomic mass is 10.1. The van der Waals surface area contributed by atoms with Crippen LogP contribution in [0.5, 0.6) is 0 Å². The molecule has 0 radical (unpaired) electrons. The van der Waals surface area contributed by atoms with Crippen molar-refractivity contribution in [1.82, 2.24) is 0 Å². The summed E-state index contributed by atoms with van der Waals surface area (Å²) in [5, 5.41) is 0. The van der Waals surface area contributed by atoms with Crippen LogP contribution in [-0.4, -0.2) is 14.1 Å². The quantitative estimate of drug-likeness (QED) is 0.769. The van der Waals surface area contributed by atoms with Crippen LogP contribution < -0.4 is 9.47 Å². The molecule has 0 aliphatic rings. The molecule has 2 nitrogen and oxygen atoms in total. The molecule has 0 N–H and O–H groups in total. The Balaban J connectivity index is 2.08. The molecule has 2 aromatic rings. The maximum absolute atomic E-state index is 13.1. The van der Waals surface area contributed by atoms with E-state index >= 15 is 0 Å². The fourth-order valence-electron chi connectivity index (χ4n) is 1.87. The Hall–Kier alpha value is -2.16. The van der Waals surface area contributed by atoms with E-state index in [1.54, 1.807) is 12.4 Å². The van der Waals surface area contributed by atoms with Gasteiger partial charge in [-0.25, -0.2) is 0 Å². The van der Waals surface area contributed by atoms with Crippen molar-refractivity contribution in [2.45, 2.75) is 13.2 Å². The summed E-state index contributed by atoms with van der Waals surface area (Å²) in [5.41, 5.74) is 3.38. The van der Waals surface area contributed by atoms with Crippen LogP contribution in [0.25, 0.3) is 12.2 Å². The van der Waals surface area contributed by atoms with Gasteiger partial charge in [0.1, 0.15) is 0 Å². The van der Waals surface area contributed by atoms with Crippen LogP contribution in [0, 0.1) is 0 Å². The largest absolute Gasteiger partial charge is 0.378 e. The molecule has 1 atom stereocenters. The Morgan fingerprint density at radius 3 is 1.90 bits per heavy atom. The van der Waals surface area contributed by atoms with E-state index in [1.807, 2.05) is 32.3 Å². The average Bonchev–Trinajstić information content (AvgIpc) is 2.46. The van der Waals surface area contributed by atoms with Crippen LogP contribution in [0.2, 0.25) is 0 Å². The molecule has 2 rings (SSSR count). The SMILES string of the molecule is CC(F)[n+]1ccc(/C=C/c2ccc(N(C)C)cc2)cc1. The van der Waals surface area contributed by atoms with Gasteiger partial charge < -0.3 is 4.90 Å². The van der Waals surface area contributed by atoms with E-state index in [-0.39, 0.29) is 0 Å². The molecule has 1 aromatic carbocycles. The summed E-state index contributed by atoms with van der Waals surface area (Å²) in [6.45, 7) is 1.52. The van der Waals surface area contributed by atoms with Gasteiger partial charge in [0.2, 0.25) is 0 Å². The molecular weight excluding hydrogens is 251 g/mol. The molecule has 0 bridgehead atoms. The molecule has 1 heterocycles. The normalized spacial score (nSPS) is 12.6. The topological polar surface area (TPSA) is 7.12 Å². The summed E-state index contributed by atoms with van der Waals surface area (Å²) in [6, 6.07) is 12.1. The predicted octanol–water partition coefficient (Wildman–Crippen LogP) is 3.70. The number of benzene rings is 1. The summed E-state index contributed by atoms with van der Waals surface area (Å²) < 4.78 is 14.6. The summed E-state index contributed by atoms with van der Waals surface area (Å²) in [6.07, 6.45) is 6.58. The molecule has 1 aromatic heterocycles. The number of alkyl halides is 1. The molecule has 0 saturated carbocycles. The minimum atomic E-state index is -0.994. The summed E-state index contributed by atoms with van der Waals surface area (Å²) in [4.78, 5) is 2.07. The standard InChI is InChI=1S/C17H20FN2/c1-14(18)20-12-10-16(11-13-20)5-4-15-6-8-17(9-7-15)19(2)3/h4-14H,1-3H3/q+1. The monoisotopic (exact) mass is 271 g/mol. The Morgan fingerprint density at radius 1 is 0.950 bits per heavy atom. The fourth-order valence-corrected chi connectivity index (χ4v) is 1.87. The van der Waals surface area contributed by atoms with E-state index in [0.717, 1.165) is 11.1 Å². The molecule has 0 aliphatic heterocycles. The van der Waals surface area contributed by atoms with Crippen LogP contribution in [0.3, 0.4) is 0 Å². The lowest BCUT2D eigenvalue weighted by Gasteiger charge is -2.11. The van der Waals surface area contributed by atoms with Crippen LogP contribution in [0.4, 0.5) is 10.1 Å². The van der Waals surface area contributed by atoms with Gasteiger partial charge in [-0.3, -0.25) is 0 Å². The van der Waals surface area contributed by atoms with E-state index in [2.05, 4.69) is 35.2 Å². The molecule has 20 heavy (non-hydrogen) atoms. The number of pyridine rings is 1. The zero-order valence-corrected chi connectivity index (χ0v) is 12.1. The van der Waals surface area contributed by atoms with E-state index in [4.69, 9.17) is 0 Å². The molecule has 1 unspecified atom stereocenters. The fraction of sp³-hybridized carbons (Fsp3) is 0.235. The molecule has 0 aliphatic carbocycles. The zero-order valence-electron chi connectivity index (χ0n) is 12.1. The van der Waals surface area contributed by atoms with E-state index < -0.39 is 6.30 Å². The number of hydrogen-bond acceptors (Lipinski definition) is 1. The molecular formula is C17H20FN2+. The molecule has 104 valence electrons. The van der Waals surface area contributed by atoms with Crippen molar-refractivity contribution in [1.29, 1.82) is 0 Å². The number of nitrogens with zero attached hydrogens (tertiary/aromatic N) is 2. The Bertz CT molecular complexity index is 515. The Kier molecular flexibility index (Phi) is 4.51. The first-order valence-electron chi connectivity index (χ1n) is 6.66. The van der Waals surface area contributed by atoms with E-state index in [0.29, 0.717) is 0 Å². The van der Waals surface area contributed by atoms with Gasteiger partial charge in [-0.15, -0.1) is 0 Å². The summed E-state index contributed by atoms with van der Waals surface area (Å²) in [7, 11) is 4.05. The van der Waals surface area contributed by atoms with Crippen LogP contribution in [0.15, 0.2) is 48.8 Å². The lowest BCUT2D eigenvalue weighted by Crippen LogP contribution is -2.34. The number of hydrogen-bond donors (Lipinski definition) is 0. The Labute approximate surface area is 119 Å². The number of halogens is 1. The minimum absolute atomic E-state index is 0.994.